The number of aromatic hydroxyl groups is 1. The molecular formula is C17H14O5S. The van der Waals surface area contributed by atoms with Gasteiger partial charge in [-0.2, -0.15) is 0 Å². The number of phenols is 1. The smallest absolute Gasteiger partial charge is 0.339 e. The van der Waals surface area contributed by atoms with E-state index in [1.165, 1.54) is 29.5 Å². The lowest BCUT2D eigenvalue weighted by molar-refractivity contribution is 0.0473. The van der Waals surface area contributed by atoms with E-state index >= 15 is 0 Å². The Kier molecular flexibility index (Phi) is 3.92. The molecule has 2 heterocycles. The summed E-state index contributed by atoms with van der Waals surface area (Å²) < 4.78 is 10.4. The van der Waals surface area contributed by atoms with Gasteiger partial charge >= 0.3 is 11.6 Å². The number of esters is 1. The molecule has 0 saturated carbocycles. The molecule has 23 heavy (non-hydrogen) atoms. The van der Waals surface area contributed by atoms with Gasteiger partial charge in [-0.15, -0.1) is 11.3 Å². The van der Waals surface area contributed by atoms with E-state index in [1.807, 2.05) is 13.8 Å². The summed E-state index contributed by atoms with van der Waals surface area (Å²) in [7, 11) is 0. The molecule has 0 aliphatic heterocycles. The Morgan fingerprint density at radius 3 is 2.74 bits per heavy atom. The molecule has 1 aromatic carbocycles. The summed E-state index contributed by atoms with van der Waals surface area (Å²) in [6.07, 6.45) is 0. The third-order valence-corrected chi connectivity index (χ3v) is 4.40. The normalized spacial score (nSPS) is 10.9. The van der Waals surface area contributed by atoms with E-state index in [2.05, 4.69) is 0 Å². The quantitative estimate of drug-likeness (QED) is 0.587. The van der Waals surface area contributed by atoms with E-state index in [1.54, 1.807) is 12.1 Å². The van der Waals surface area contributed by atoms with Crippen LogP contribution in [0, 0.1) is 13.8 Å². The average molecular weight is 330 g/mol. The van der Waals surface area contributed by atoms with Crippen LogP contribution in [-0.2, 0) is 11.3 Å². The fourth-order valence-corrected chi connectivity index (χ4v) is 3.30. The van der Waals surface area contributed by atoms with Crippen LogP contribution in [-0.4, -0.2) is 11.1 Å². The second-order valence-electron chi connectivity index (χ2n) is 5.17. The molecule has 0 saturated heterocycles. The number of hydrogen-bond donors (Lipinski definition) is 1. The van der Waals surface area contributed by atoms with Gasteiger partial charge in [0.15, 0.2) is 0 Å². The standard InChI is InChI=1S/C17H14O5S/c1-9-5-14(10(2)23-9)17(20)21-8-11-6-16(19)22-15-7-12(18)3-4-13(11)15/h3-7,18H,8H2,1-2H3. The first-order chi connectivity index (χ1) is 10.9. The zero-order chi connectivity index (χ0) is 16.6. The topological polar surface area (TPSA) is 76.7 Å². The van der Waals surface area contributed by atoms with Crippen LogP contribution in [0.3, 0.4) is 0 Å². The fourth-order valence-electron chi connectivity index (χ4n) is 2.39. The van der Waals surface area contributed by atoms with Crippen molar-refractivity contribution in [2.24, 2.45) is 0 Å². The molecule has 2 aromatic heterocycles. The van der Waals surface area contributed by atoms with Crippen LogP contribution < -0.4 is 5.63 Å². The molecule has 0 fully saturated rings. The minimum absolute atomic E-state index is 0.000770. The number of rotatable bonds is 3. The molecule has 5 nitrogen and oxygen atoms in total. The molecule has 1 N–H and O–H groups in total. The lowest BCUT2D eigenvalue weighted by atomic mass is 10.1. The van der Waals surface area contributed by atoms with Gasteiger partial charge in [0.25, 0.3) is 0 Å². The predicted molar refractivity (Wildman–Crippen MR) is 87.1 cm³/mol. The number of carbonyl (C=O) groups excluding carboxylic acids is 1. The van der Waals surface area contributed by atoms with Crippen LogP contribution >= 0.6 is 11.3 Å². The first kappa shape index (κ1) is 15.3. The number of ether oxygens (including phenoxy) is 1. The highest BCUT2D eigenvalue weighted by atomic mass is 32.1. The van der Waals surface area contributed by atoms with E-state index in [0.717, 1.165) is 9.75 Å². The number of fused-ring (bicyclic) bond motifs is 1. The molecule has 0 aliphatic rings. The van der Waals surface area contributed by atoms with Gasteiger partial charge in [-0.1, -0.05) is 0 Å². The van der Waals surface area contributed by atoms with Crippen LogP contribution in [0.25, 0.3) is 11.0 Å². The molecular weight excluding hydrogens is 316 g/mol. The molecule has 0 amide bonds. The Morgan fingerprint density at radius 2 is 2.04 bits per heavy atom. The molecule has 3 rings (SSSR count). The van der Waals surface area contributed by atoms with Crippen molar-refractivity contribution in [3.8, 4) is 5.75 Å². The van der Waals surface area contributed by atoms with Gasteiger partial charge in [-0.25, -0.2) is 9.59 Å². The highest BCUT2D eigenvalue weighted by Gasteiger charge is 2.15. The fraction of sp³-hybridized carbons (Fsp3) is 0.176. The number of phenolic OH excluding ortho intramolecular Hbond substituents is 1. The predicted octanol–water partition coefficient (Wildman–Crippen LogP) is 3.53. The molecule has 6 heteroatoms. The first-order valence-corrected chi connectivity index (χ1v) is 7.75. The molecule has 0 bridgehead atoms. The Balaban J connectivity index is 1.88. The van der Waals surface area contributed by atoms with Crippen molar-refractivity contribution in [2.75, 3.05) is 0 Å². The van der Waals surface area contributed by atoms with E-state index in [0.29, 0.717) is 16.5 Å². The third-order valence-electron chi connectivity index (χ3n) is 3.43. The second-order valence-corrected chi connectivity index (χ2v) is 6.63. The van der Waals surface area contributed by atoms with Crippen molar-refractivity contribution >= 4 is 28.3 Å². The van der Waals surface area contributed by atoms with Crippen molar-refractivity contribution in [1.82, 2.24) is 0 Å². The third kappa shape index (κ3) is 3.12. The van der Waals surface area contributed by atoms with E-state index in [4.69, 9.17) is 9.15 Å². The Hall–Kier alpha value is -2.60. The average Bonchev–Trinajstić information content (AvgIpc) is 2.82. The molecule has 0 spiro atoms. The van der Waals surface area contributed by atoms with Crippen LogP contribution in [0.2, 0.25) is 0 Å². The molecule has 0 atom stereocenters. The summed E-state index contributed by atoms with van der Waals surface area (Å²) in [5, 5.41) is 10.1. The zero-order valence-corrected chi connectivity index (χ0v) is 13.4. The lowest BCUT2D eigenvalue weighted by Crippen LogP contribution is -2.08. The first-order valence-electron chi connectivity index (χ1n) is 6.94. The summed E-state index contributed by atoms with van der Waals surface area (Å²) in [6.45, 7) is 3.75. The summed E-state index contributed by atoms with van der Waals surface area (Å²) in [5.41, 5.74) is 0.773. The van der Waals surface area contributed by atoms with Gasteiger partial charge in [0.1, 0.15) is 17.9 Å². The minimum atomic E-state index is -0.559. The molecule has 0 unspecified atom stereocenters. The molecule has 0 radical (unpaired) electrons. The van der Waals surface area contributed by atoms with Crippen LogP contribution in [0.5, 0.6) is 5.75 Å². The molecule has 0 aliphatic carbocycles. The largest absolute Gasteiger partial charge is 0.508 e. The second kappa shape index (κ2) is 5.89. The molecule has 118 valence electrons. The van der Waals surface area contributed by atoms with Gasteiger partial charge in [0, 0.05) is 32.8 Å². The van der Waals surface area contributed by atoms with Crippen molar-refractivity contribution < 1.29 is 19.1 Å². The van der Waals surface area contributed by atoms with E-state index in [-0.39, 0.29) is 17.9 Å². The number of thiophene rings is 1. The van der Waals surface area contributed by atoms with Crippen LogP contribution in [0.15, 0.2) is 39.5 Å². The number of benzene rings is 1. The maximum absolute atomic E-state index is 12.2. The SMILES string of the molecule is Cc1cc(C(=O)OCc2cc(=O)oc3cc(O)ccc23)c(C)s1. The van der Waals surface area contributed by atoms with Gasteiger partial charge in [-0.05, 0) is 32.0 Å². The number of hydrogen-bond acceptors (Lipinski definition) is 6. The zero-order valence-electron chi connectivity index (χ0n) is 12.6. The van der Waals surface area contributed by atoms with Crippen molar-refractivity contribution in [2.45, 2.75) is 20.5 Å². The van der Waals surface area contributed by atoms with Gasteiger partial charge in [0.05, 0.1) is 5.56 Å². The Morgan fingerprint density at radius 1 is 1.26 bits per heavy atom. The number of aryl methyl sites for hydroxylation is 2. The van der Waals surface area contributed by atoms with E-state index < -0.39 is 11.6 Å². The van der Waals surface area contributed by atoms with Gasteiger partial charge < -0.3 is 14.3 Å². The molecule has 3 aromatic rings. The van der Waals surface area contributed by atoms with Gasteiger partial charge in [0.2, 0.25) is 0 Å². The van der Waals surface area contributed by atoms with Crippen molar-refractivity contribution in [1.29, 1.82) is 0 Å². The maximum Gasteiger partial charge on any atom is 0.339 e. The summed E-state index contributed by atoms with van der Waals surface area (Å²) in [6, 6.07) is 7.54. The Bertz CT molecular complexity index is 951. The summed E-state index contributed by atoms with van der Waals surface area (Å²) >= 11 is 1.53. The Labute approximate surface area is 135 Å². The highest BCUT2D eigenvalue weighted by Crippen LogP contribution is 2.24. The maximum atomic E-state index is 12.2. The van der Waals surface area contributed by atoms with E-state index in [9.17, 15) is 14.7 Å². The highest BCUT2D eigenvalue weighted by molar-refractivity contribution is 7.12. The lowest BCUT2D eigenvalue weighted by Gasteiger charge is -2.07. The minimum Gasteiger partial charge on any atom is -0.508 e. The summed E-state index contributed by atoms with van der Waals surface area (Å²) in [4.78, 5) is 25.7. The van der Waals surface area contributed by atoms with Crippen molar-refractivity contribution in [3.05, 3.63) is 61.6 Å². The van der Waals surface area contributed by atoms with Crippen molar-refractivity contribution in [3.63, 3.8) is 0 Å². The van der Waals surface area contributed by atoms with Crippen LogP contribution in [0.4, 0.5) is 0 Å². The monoisotopic (exact) mass is 330 g/mol. The van der Waals surface area contributed by atoms with Gasteiger partial charge in [-0.3, -0.25) is 0 Å². The van der Waals surface area contributed by atoms with Crippen LogP contribution in [0.1, 0.15) is 25.7 Å². The summed E-state index contributed by atoms with van der Waals surface area (Å²) in [5.74, 6) is -0.425. The number of carbonyl (C=O) groups is 1.